The lowest BCUT2D eigenvalue weighted by Gasteiger charge is -2.28. The van der Waals surface area contributed by atoms with Crippen molar-refractivity contribution in [2.45, 2.75) is 232 Å². The molecule has 0 amide bonds. The average Bonchev–Trinajstić information content (AvgIpc) is 3.13. The first-order valence-electron chi connectivity index (χ1n) is 23.5. The van der Waals surface area contributed by atoms with Gasteiger partial charge in [-0.15, -0.1) is 0 Å². The third-order valence-electron chi connectivity index (χ3n) is 10.4. The maximum absolute atomic E-state index is 12.7. The summed E-state index contributed by atoms with van der Waals surface area (Å²) in [6, 6.07) is 0. The van der Waals surface area contributed by atoms with Gasteiger partial charge in [-0.1, -0.05) is 200 Å². The van der Waals surface area contributed by atoms with Crippen LogP contribution in [0.25, 0.3) is 0 Å². The molecule has 0 heterocycles. The molecule has 0 aromatic heterocycles. The smallest absolute Gasteiger partial charge is 0.306 e. The zero-order chi connectivity index (χ0) is 40.6. The molecule has 55 heavy (non-hydrogen) atoms. The van der Waals surface area contributed by atoms with E-state index in [0.29, 0.717) is 17.4 Å². The van der Waals surface area contributed by atoms with Gasteiger partial charge in [0.25, 0.3) is 7.82 Å². The van der Waals surface area contributed by atoms with Crippen molar-refractivity contribution in [1.82, 2.24) is 0 Å². The van der Waals surface area contributed by atoms with Crippen molar-refractivity contribution >= 4 is 13.8 Å². The first-order chi connectivity index (χ1) is 26.6. The molecule has 1 unspecified atom stereocenters. The van der Waals surface area contributed by atoms with E-state index in [0.717, 1.165) is 32.1 Å². The molecule has 0 bridgehead atoms. The third kappa shape index (κ3) is 44.0. The van der Waals surface area contributed by atoms with Crippen molar-refractivity contribution in [2.24, 2.45) is 0 Å². The third-order valence-corrected chi connectivity index (χ3v) is 11.4. The van der Waals surface area contributed by atoms with E-state index in [1.165, 1.54) is 173 Å². The average molecular weight is 802 g/mol. The molecule has 0 fully saturated rings. The Hall–Kier alpha value is -0.920. The van der Waals surface area contributed by atoms with Gasteiger partial charge in [0.1, 0.15) is 19.8 Å². The van der Waals surface area contributed by atoms with E-state index in [4.69, 9.17) is 18.5 Å². The molecule has 0 aliphatic heterocycles. The topological polar surface area (TPSA) is 94.1 Å². The molecule has 2 atom stereocenters. The zero-order valence-corrected chi connectivity index (χ0v) is 38.0. The van der Waals surface area contributed by atoms with Crippen LogP contribution in [0.2, 0.25) is 0 Å². The number of hydrogen-bond donors (Lipinski definition) is 0. The number of likely N-dealkylation sites (N-methyl/N-ethyl adjacent to an activating group) is 1. The van der Waals surface area contributed by atoms with Gasteiger partial charge in [0.15, 0.2) is 6.10 Å². The highest BCUT2D eigenvalue weighted by atomic mass is 31.2. The van der Waals surface area contributed by atoms with Crippen molar-refractivity contribution < 1.29 is 37.3 Å². The Morgan fingerprint density at radius 2 is 0.945 bits per heavy atom. The lowest BCUT2D eigenvalue weighted by atomic mass is 10.0. The molecule has 328 valence electrons. The van der Waals surface area contributed by atoms with E-state index < -0.39 is 13.9 Å². The van der Waals surface area contributed by atoms with Crippen LogP contribution in [0.1, 0.15) is 226 Å². The van der Waals surface area contributed by atoms with Crippen LogP contribution in [0.3, 0.4) is 0 Å². The van der Waals surface area contributed by atoms with Crippen LogP contribution in [0.5, 0.6) is 0 Å². The highest BCUT2D eigenvalue weighted by molar-refractivity contribution is 7.45. The molecule has 8 nitrogen and oxygen atoms in total. The Balaban J connectivity index is 4.18. The molecule has 9 heteroatoms. The number of allylic oxidation sites excluding steroid dienone is 1. The van der Waals surface area contributed by atoms with E-state index >= 15 is 0 Å². The molecule has 0 saturated carbocycles. The van der Waals surface area contributed by atoms with E-state index in [1.807, 2.05) is 27.2 Å². The predicted octanol–water partition coefficient (Wildman–Crippen LogP) is 13.5. The van der Waals surface area contributed by atoms with Crippen molar-refractivity contribution in [3.05, 3.63) is 12.3 Å². The van der Waals surface area contributed by atoms with Gasteiger partial charge in [0.2, 0.25) is 0 Å². The molecule has 0 radical (unpaired) electrons. The number of unbranched alkanes of at least 4 members (excludes halogenated alkanes) is 30. The Morgan fingerprint density at radius 1 is 0.564 bits per heavy atom. The Labute approximate surface area is 341 Å². The Kier molecular flexibility index (Phi) is 39.2. The van der Waals surface area contributed by atoms with Crippen LogP contribution >= 0.6 is 7.82 Å². The fourth-order valence-electron chi connectivity index (χ4n) is 6.75. The highest BCUT2D eigenvalue weighted by Gasteiger charge is 2.20. The van der Waals surface area contributed by atoms with Crippen molar-refractivity contribution in [3.63, 3.8) is 0 Å². The maximum atomic E-state index is 12.7. The molecule has 0 aromatic carbocycles. The van der Waals surface area contributed by atoms with E-state index in [1.54, 1.807) is 6.26 Å². The van der Waals surface area contributed by atoms with Gasteiger partial charge in [-0.25, -0.2) is 0 Å². The molecule has 0 N–H and O–H groups in total. The van der Waals surface area contributed by atoms with E-state index in [9.17, 15) is 14.3 Å². The van der Waals surface area contributed by atoms with Gasteiger partial charge < -0.3 is 27.9 Å². The van der Waals surface area contributed by atoms with Crippen molar-refractivity contribution in [2.75, 3.05) is 47.5 Å². The van der Waals surface area contributed by atoms with Gasteiger partial charge in [-0.3, -0.25) is 9.36 Å². The molecule has 0 rings (SSSR count). The lowest BCUT2D eigenvalue weighted by Crippen LogP contribution is -2.37. The summed E-state index contributed by atoms with van der Waals surface area (Å²) in [7, 11) is 1.34. The molecular formula is C46H92NO7P. The molecular weight excluding hydrogens is 709 g/mol. The summed E-state index contributed by atoms with van der Waals surface area (Å²) in [6.45, 7) is 4.78. The van der Waals surface area contributed by atoms with Gasteiger partial charge in [-0.2, -0.15) is 0 Å². The van der Waals surface area contributed by atoms with Gasteiger partial charge >= 0.3 is 5.97 Å². The van der Waals surface area contributed by atoms with E-state index in [-0.39, 0.29) is 25.8 Å². The fourth-order valence-corrected chi connectivity index (χ4v) is 7.48. The summed E-state index contributed by atoms with van der Waals surface area (Å²) < 4.78 is 34.4. The van der Waals surface area contributed by atoms with E-state index in [2.05, 4.69) is 13.8 Å². The summed E-state index contributed by atoms with van der Waals surface area (Å²) in [4.78, 5) is 25.1. The minimum Gasteiger partial charge on any atom is -0.756 e. The van der Waals surface area contributed by atoms with Crippen LogP contribution in [-0.2, 0) is 27.9 Å². The largest absolute Gasteiger partial charge is 0.756 e. The molecule has 0 aliphatic rings. The van der Waals surface area contributed by atoms with Crippen molar-refractivity contribution in [3.8, 4) is 0 Å². The maximum Gasteiger partial charge on any atom is 0.306 e. The SMILES string of the molecule is CCCCCCCCCCCCCC/C=C/OC[C@H](COP(=O)([O-])OCC[N+](C)(C)C)OC(=O)CCCCCCCCCCCCCCCCCCCCC. The van der Waals surface area contributed by atoms with Crippen LogP contribution in [0, 0.1) is 0 Å². The van der Waals surface area contributed by atoms with Gasteiger partial charge in [0, 0.05) is 6.42 Å². The summed E-state index contributed by atoms with van der Waals surface area (Å²) in [5, 5.41) is 0. The summed E-state index contributed by atoms with van der Waals surface area (Å²) in [5.74, 6) is -0.351. The zero-order valence-electron chi connectivity index (χ0n) is 37.1. The first kappa shape index (κ1) is 54.1. The molecule has 0 spiro atoms. The molecule has 0 aromatic rings. The number of phosphoric acid groups is 1. The number of quaternary nitrogens is 1. The second-order valence-electron chi connectivity index (χ2n) is 17.2. The lowest BCUT2D eigenvalue weighted by molar-refractivity contribution is -0.870. The van der Waals surface area contributed by atoms with Gasteiger partial charge in [-0.05, 0) is 25.3 Å². The highest BCUT2D eigenvalue weighted by Crippen LogP contribution is 2.38. The summed E-state index contributed by atoms with van der Waals surface area (Å²) >= 11 is 0. The minimum atomic E-state index is -4.53. The number of rotatable bonds is 44. The second kappa shape index (κ2) is 39.9. The fraction of sp³-hybridized carbons (Fsp3) is 0.935. The predicted molar refractivity (Wildman–Crippen MR) is 231 cm³/mol. The van der Waals surface area contributed by atoms with Crippen molar-refractivity contribution in [1.29, 1.82) is 0 Å². The number of carbonyl (C=O) groups is 1. The number of nitrogens with zero attached hydrogens (tertiary/aromatic N) is 1. The normalized spacial score (nSPS) is 13.7. The molecule has 0 aliphatic carbocycles. The first-order valence-corrected chi connectivity index (χ1v) is 24.9. The van der Waals surface area contributed by atoms with Crippen LogP contribution in [-0.4, -0.2) is 64.1 Å². The van der Waals surface area contributed by atoms with Crippen LogP contribution in [0.4, 0.5) is 0 Å². The number of hydrogen-bond acceptors (Lipinski definition) is 7. The number of esters is 1. The number of phosphoric ester groups is 1. The van der Waals surface area contributed by atoms with Crippen LogP contribution in [0.15, 0.2) is 12.3 Å². The van der Waals surface area contributed by atoms with Crippen LogP contribution < -0.4 is 4.89 Å². The molecule has 0 saturated heterocycles. The standard InChI is InChI=1S/C46H92NO7P/c1-6-8-10-12-14-16-18-20-22-23-24-25-26-27-29-31-33-35-37-39-46(48)54-45(44-53-55(49,50)52-42-40-47(3,4)5)43-51-41-38-36-34-32-30-28-21-19-17-15-13-11-9-7-2/h38,41,45H,6-37,39-40,42-44H2,1-5H3/b41-38+/t45-/m1/s1. The second-order valence-corrected chi connectivity index (χ2v) is 18.6. The summed E-state index contributed by atoms with van der Waals surface area (Å²) in [5.41, 5.74) is 0. The Bertz CT molecular complexity index is 894. The minimum absolute atomic E-state index is 0.0203. The Morgan fingerprint density at radius 3 is 1.35 bits per heavy atom. The monoisotopic (exact) mass is 802 g/mol. The quantitative estimate of drug-likeness (QED) is 0.0199. The van der Waals surface area contributed by atoms with Gasteiger partial charge in [0.05, 0.1) is 34.0 Å². The number of carbonyl (C=O) groups excluding carboxylic acids is 1. The summed E-state index contributed by atoms with van der Waals surface area (Å²) in [6.07, 6.45) is 44.6. The number of ether oxygens (including phenoxy) is 2.